The molecule has 0 aliphatic heterocycles. The van der Waals surface area contributed by atoms with E-state index in [1.165, 1.54) is 51.4 Å². The summed E-state index contributed by atoms with van der Waals surface area (Å²) < 4.78 is 9.21. The Bertz CT molecular complexity index is 570. The van der Waals surface area contributed by atoms with Crippen LogP contribution in [0.15, 0.2) is 42.1 Å². The van der Waals surface area contributed by atoms with Crippen LogP contribution in [0, 0.1) is 0 Å². The third-order valence-corrected chi connectivity index (χ3v) is 30.3. The molecule has 0 aromatic heterocycles. The minimum absolute atomic E-state index is 0. The van der Waals surface area contributed by atoms with Crippen molar-refractivity contribution in [2.45, 2.75) is 74.6 Å². The summed E-state index contributed by atoms with van der Waals surface area (Å²) in [6.45, 7) is 7.06. The molecule has 0 radical (unpaired) electrons. The van der Waals surface area contributed by atoms with Crippen molar-refractivity contribution in [3.05, 3.63) is 42.1 Å². The van der Waals surface area contributed by atoms with Gasteiger partial charge in [0.05, 0.1) is 0 Å². The summed E-state index contributed by atoms with van der Waals surface area (Å²) in [6, 6.07) is 0. The third-order valence-electron chi connectivity index (χ3n) is 5.59. The second-order valence-electron chi connectivity index (χ2n) is 8.11. The van der Waals surface area contributed by atoms with E-state index in [4.69, 9.17) is 0 Å². The zero-order valence-corrected chi connectivity index (χ0v) is 22.6. The maximum atomic E-state index is 2.71. The van der Waals surface area contributed by atoms with Gasteiger partial charge in [-0.2, -0.15) is 0 Å². The van der Waals surface area contributed by atoms with Crippen LogP contribution in [0.1, 0.15) is 65.2 Å². The van der Waals surface area contributed by atoms with Crippen molar-refractivity contribution in [1.29, 1.82) is 0 Å². The molecule has 2 aliphatic rings. The van der Waals surface area contributed by atoms with E-state index in [0.717, 1.165) is 0 Å². The molecule has 0 saturated heterocycles. The zero-order valence-electron chi connectivity index (χ0n) is 16.0. The molecule has 138 valence electrons. The number of rotatable bonds is 8. The van der Waals surface area contributed by atoms with Crippen LogP contribution in [0.3, 0.4) is 0 Å². The molecule has 2 aliphatic carbocycles. The fraction of sp³-hybridized carbons (Fsp3) is 0.600. The van der Waals surface area contributed by atoms with Crippen LogP contribution >= 0.6 is 24.8 Å². The van der Waals surface area contributed by atoms with Gasteiger partial charge in [0.15, 0.2) is 0 Å². The van der Waals surface area contributed by atoms with Crippen LogP contribution in [0.2, 0.25) is 9.36 Å². The second-order valence-corrected chi connectivity index (χ2v) is 49.1. The van der Waals surface area contributed by atoms with Gasteiger partial charge in [-0.1, -0.05) is 0 Å². The van der Waals surface area contributed by atoms with Gasteiger partial charge in [0, 0.05) is 0 Å². The molecule has 0 heterocycles. The SMILES string of the molecule is CCCCC1=[C]([Hf]([CH3])([CH3])(=[SiH2])[C]2=C(CCCC)C=CC2)CC=C1.Cl.Cl. The smallest absolute Gasteiger partial charge is 0.147 e. The van der Waals surface area contributed by atoms with E-state index in [0.29, 0.717) is 0 Å². The zero-order chi connectivity index (χ0) is 16.2. The number of unbranched alkanes of at least 4 members (excludes halogenated alkanes) is 2. The van der Waals surface area contributed by atoms with E-state index in [1.807, 2.05) is 6.66 Å². The van der Waals surface area contributed by atoms with E-state index >= 15 is 0 Å². The van der Waals surface area contributed by atoms with Gasteiger partial charge in [-0.25, -0.2) is 0 Å². The number of allylic oxidation sites excluding steroid dienone is 8. The molecular formula is C20H36Cl2HfSi. The first kappa shape index (κ1) is 24.6. The Labute approximate surface area is 164 Å². The second kappa shape index (κ2) is 10.1. The first-order valence-electron chi connectivity index (χ1n) is 9.24. The molecule has 0 amide bonds. The average Bonchev–Trinajstić information content (AvgIpc) is 3.12. The molecule has 0 nitrogen and oxygen atoms in total. The van der Waals surface area contributed by atoms with Crippen LogP contribution in [-0.4, -0.2) is 6.94 Å². The molecule has 24 heavy (non-hydrogen) atoms. The van der Waals surface area contributed by atoms with E-state index in [2.05, 4.69) is 54.5 Å². The molecule has 0 N–H and O–H groups in total. The monoisotopic (exact) mass is 554 g/mol. The molecule has 0 fully saturated rings. The van der Waals surface area contributed by atoms with Crippen LogP contribution < -0.4 is 0 Å². The first-order chi connectivity index (χ1) is 10.4. The molecule has 0 aromatic carbocycles. The minimum atomic E-state index is -3.04. The third kappa shape index (κ3) is 5.31. The van der Waals surface area contributed by atoms with Gasteiger partial charge in [-0.15, -0.1) is 24.8 Å². The van der Waals surface area contributed by atoms with Gasteiger partial charge in [0.25, 0.3) is 0 Å². The van der Waals surface area contributed by atoms with Crippen molar-refractivity contribution in [3.63, 3.8) is 0 Å². The fourth-order valence-electron chi connectivity index (χ4n) is 4.17. The molecule has 0 atom stereocenters. The van der Waals surface area contributed by atoms with Crippen molar-refractivity contribution >= 4 is 31.8 Å². The van der Waals surface area contributed by atoms with Crippen LogP contribution in [-0.2, 0) is 17.1 Å². The summed E-state index contributed by atoms with van der Waals surface area (Å²) in [5.41, 5.74) is 3.43. The normalized spacial score (nSPS) is 17.4. The predicted molar refractivity (Wildman–Crippen MR) is 115 cm³/mol. The van der Waals surface area contributed by atoms with Crippen molar-refractivity contribution < 1.29 is 17.1 Å². The summed E-state index contributed by atoms with van der Waals surface area (Å²) in [6.07, 6.45) is 20.2. The number of halogens is 2. The van der Waals surface area contributed by atoms with Crippen molar-refractivity contribution in [1.82, 2.24) is 0 Å². The van der Waals surface area contributed by atoms with Crippen LogP contribution in [0.5, 0.6) is 0 Å². The summed E-state index contributed by atoms with van der Waals surface area (Å²) in [4.78, 5) is 0. The van der Waals surface area contributed by atoms with E-state index in [9.17, 15) is 0 Å². The quantitative estimate of drug-likeness (QED) is 0.285. The topological polar surface area (TPSA) is 0 Å². The Balaban J connectivity index is 0.00000264. The van der Waals surface area contributed by atoms with E-state index in [-0.39, 0.29) is 24.8 Å². The van der Waals surface area contributed by atoms with Crippen LogP contribution in [0.25, 0.3) is 0 Å². The van der Waals surface area contributed by atoms with Crippen molar-refractivity contribution in [2.24, 2.45) is 0 Å². The maximum absolute atomic E-state index is 3.04. The average molecular weight is 554 g/mol. The maximum Gasteiger partial charge on any atom is -0.147 e. The van der Waals surface area contributed by atoms with Crippen LogP contribution in [0.4, 0.5) is 0 Å². The van der Waals surface area contributed by atoms with Crippen molar-refractivity contribution in [3.8, 4) is 0 Å². The molecule has 0 aromatic rings. The summed E-state index contributed by atoms with van der Waals surface area (Å²) in [5, 5.41) is 0. The number of hydrogen-bond donors (Lipinski definition) is 0. The van der Waals surface area contributed by atoms with Gasteiger partial charge in [0.2, 0.25) is 0 Å². The molecule has 0 spiro atoms. The van der Waals surface area contributed by atoms with Gasteiger partial charge >= 0.3 is 141 Å². The predicted octanol–water partition coefficient (Wildman–Crippen LogP) is 6.97. The Morgan fingerprint density at radius 1 is 0.833 bits per heavy atom. The largest absolute Gasteiger partial charge is 0.147 e. The Kier molecular flexibility index (Phi) is 10.4. The van der Waals surface area contributed by atoms with E-state index in [1.54, 1.807) is 11.1 Å². The molecule has 2 rings (SSSR count). The molecule has 4 heteroatoms. The molecule has 0 saturated carbocycles. The number of hydrogen-bond acceptors (Lipinski definition) is 0. The summed E-state index contributed by atoms with van der Waals surface area (Å²) in [5.74, 6) is 0. The standard InChI is InChI=1S/2C9H13.2CH3.2ClH.Hf.H2Si/c2*1-2-3-6-9-7-4-5-8-9;;;;;;/h2*4,7H,2-3,5-6H2,1H3;2*1H3;2*1H;;1H2. The van der Waals surface area contributed by atoms with E-state index < -0.39 is 17.1 Å². The molecule has 0 unspecified atom stereocenters. The Hall–Kier alpha value is 0.627. The Morgan fingerprint density at radius 3 is 1.54 bits per heavy atom. The molecular weight excluding hydrogens is 518 g/mol. The van der Waals surface area contributed by atoms with Gasteiger partial charge < -0.3 is 0 Å². The van der Waals surface area contributed by atoms with Gasteiger partial charge in [-0.3, -0.25) is 0 Å². The molecule has 0 bridgehead atoms. The van der Waals surface area contributed by atoms with Gasteiger partial charge in [-0.05, 0) is 0 Å². The fourth-order valence-corrected chi connectivity index (χ4v) is 26.0. The van der Waals surface area contributed by atoms with Crippen molar-refractivity contribution in [2.75, 3.05) is 0 Å². The summed E-state index contributed by atoms with van der Waals surface area (Å²) in [7, 11) is 0. The summed E-state index contributed by atoms with van der Waals surface area (Å²) >= 11 is -3.04. The first-order valence-corrected chi connectivity index (χ1v) is 28.3. The Morgan fingerprint density at radius 2 is 1.21 bits per heavy atom. The van der Waals surface area contributed by atoms with Gasteiger partial charge in [0.1, 0.15) is 0 Å². The minimum Gasteiger partial charge on any atom is -0.147 e.